The number of hydrogen-bond donors (Lipinski definition) is 0. The van der Waals surface area contributed by atoms with Crippen LogP contribution in [0.25, 0.3) is 0 Å². The van der Waals surface area contributed by atoms with E-state index in [9.17, 15) is 27.2 Å². The zero-order chi connectivity index (χ0) is 20.9. The van der Waals surface area contributed by atoms with E-state index in [2.05, 4.69) is 10.1 Å². The molecule has 0 N–H and O–H groups in total. The normalized spacial score (nSPS) is 22.3. The lowest BCUT2D eigenvalue weighted by Gasteiger charge is -2.38. The van der Waals surface area contributed by atoms with Crippen LogP contribution in [0.2, 0.25) is 0 Å². The van der Waals surface area contributed by atoms with Crippen molar-refractivity contribution >= 4 is 5.91 Å². The third kappa shape index (κ3) is 3.53. The summed E-state index contributed by atoms with van der Waals surface area (Å²) in [6.45, 7) is 1.89. The van der Waals surface area contributed by atoms with Crippen LogP contribution in [-0.4, -0.2) is 49.4 Å². The van der Waals surface area contributed by atoms with Crippen LogP contribution in [0.1, 0.15) is 48.8 Å². The number of carbonyl (C=O) groups excluding carboxylic acids is 1. The molecule has 11 heteroatoms. The number of likely N-dealkylation sites (tertiary alicyclic amines) is 1. The predicted octanol–water partition coefficient (Wildman–Crippen LogP) is 2.13. The number of halogens is 4. The minimum Gasteiger partial charge on any atom is -0.335 e. The molecule has 2 aliphatic heterocycles. The second kappa shape index (κ2) is 6.96. The molecule has 0 aromatic carbocycles. The average Bonchev–Trinajstić information content (AvgIpc) is 2.96. The molecule has 0 saturated carbocycles. The van der Waals surface area contributed by atoms with Gasteiger partial charge in [-0.25, -0.2) is 13.9 Å². The van der Waals surface area contributed by atoms with Crippen LogP contribution in [0, 0.1) is 0 Å². The Morgan fingerprint density at radius 2 is 1.97 bits per heavy atom. The maximum Gasteiger partial charge on any atom is 0.433 e. The Hall–Kier alpha value is -2.72. The Morgan fingerprint density at radius 3 is 2.55 bits per heavy atom. The summed E-state index contributed by atoms with van der Waals surface area (Å²) >= 11 is 0. The summed E-state index contributed by atoms with van der Waals surface area (Å²) in [5.41, 5.74) is -1.14. The summed E-state index contributed by atoms with van der Waals surface area (Å²) in [5.74, 6) is 0.103. The van der Waals surface area contributed by atoms with Crippen LogP contribution in [0.4, 0.5) is 17.6 Å². The summed E-state index contributed by atoms with van der Waals surface area (Å²) in [6.07, 6.45) is -3.41. The van der Waals surface area contributed by atoms with E-state index in [1.165, 1.54) is 15.5 Å². The highest BCUT2D eigenvalue weighted by molar-refractivity contribution is 5.81. The summed E-state index contributed by atoms with van der Waals surface area (Å²) in [5, 5.41) is 4.32. The molecule has 0 spiro atoms. The first-order valence-corrected chi connectivity index (χ1v) is 9.29. The van der Waals surface area contributed by atoms with Gasteiger partial charge < -0.3 is 4.90 Å². The van der Waals surface area contributed by atoms with E-state index >= 15 is 0 Å². The monoisotopic (exact) mass is 413 g/mol. The predicted molar refractivity (Wildman–Crippen MR) is 93.0 cm³/mol. The number of carbonyl (C=O) groups is 1. The van der Waals surface area contributed by atoms with E-state index in [1.54, 1.807) is 0 Å². The quantitative estimate of drug-likeness (QED) is 0.723. The number of hydrogen-bond acceptors (Lipinski definition) is 4. The first-order chi connectivity index (χ1) is 13.6. The molecule has 1 fully saturated rings. The smallest absolute Gasteiger partial charge is 0.335 e. The van der Waals surface area contributed by atoms with Gasteiger partial charge in [-0.3, -0.25) is 14.3 Å². The lowest BCUT2D eigenvalue weighted by Crippen LogP contribution is -2.54. The van der Waals surface area contributed by atoms with E-state index in [0.29, 0.717) is 24.2 Å². The molecule has 29 heavy (non-hydrogen) atoms. The van der Waals surface area contributed by atoms with Crippen LogP contribution in [0.5, 0.6) is 0 Å². The van der Waals surface area contributed by atoms with E-state index in [-0.39, 0.29) is 31.5 Å². The van der Waals surface area contributed by atoms with E-state index in [0.717, 1.165) is 16.9 Å². The summed E-state index contributed by atoms with van der Waals surface area (Å²) in [4.78, 5) is 30.4. The molecule has 2 aromatic rings. The van der Waals surface area contributed by atoms with Crippen molar-refractivity contribution in [1.29, 1.82) is 0 Å². The van der Waals surface area contributed by atoms with Gasteiger partial charge >= 0.3 is 11.9 Å². The van der Waals surface area contributed by atoms with Gasteiger partial charge in [-0.05, 0) is 24.5 Å². The molecule has 0 radical (unpaired) electrons. The van der Waals surface area contributed by atoms with Gasteiger partial charge in [0.05, 0.1) is 19.6 Å². The SMILES string of the molecule is CC1CCC(C(=O)N2CC(F)C2)n2c1nn(Cc1ccc(C(F)(F)F)nc1)c2=O. The van der Waals surface area contributed by atoms with Crippen molar-refractivity contribution in [2.45, 2.75) is 50.6 Å². The van der Waals surface area contributed by atoms with E-state index < -0.39 is 29.8 Å². The maximum absolute atomic E-state index is 13.1. The fourth-order valence-corrected chi connectivity index (χ4v) is 3.74. The highest BCUT2D eigenvalue weighted by Crippen LogP contribution is 2.33. The fraction of sp³-hybridized carbons (Fsp3) is 0.556. The number of aromatic nitrogens is 4. The van der Waals surface area contributed by atoms with Crippen molar-refractivity contribution in [2.75, 3.05) is 13.1 Å². The Bertz CT molecular complexity index is 976. The minimum atomic E-state index is -4.54. The largest absolute Gasteiger partial charge is 0.433 e. The average molecular weight is 413 g/mol. The zero-order valence-electron chi connectivity index (χ0n) is 15.6. The zero-order valence-corrected chi connectivity index (χ0v) is 15.6. The van der Waals surface area contributed by atoms with Gasteiger partial charge in [0.25, 0.3) is 0 Å². The van der Waals surface area contributed by atoms with Crippen LogP contribution in [0.15, 0.2) is 23.1 Å². The van der Waals surface area contributed by atoms with Gasteiger partial charge in [-0.2, -0.15) is 18.3 Å². The number of fused-ring (bicyclic) bond motifs is 1. The first-order valence-electron chi connectivity index (χ1n) is 9.29. The third-order valence-electron chi connectivity index (χ3n) is 5.40. The standard InChI is InChI=1S/C18H19F4N5O2/c1-10-2-4-13(16(28)25-8-12(19)9-25)27-15(10)24-26(17(27)29)7-11-3-5-14(23-6-11)18(20,21)22/h3,5-6,10,12-13H,2,4,7-9H2,1H3. The fourth-order valence-electron chi connectivity index (χ4n) is 3.74. The molecule has 1 saturated heterocycles. The molecular formula is C18H19F4N5O2. The topological polar surface area (TPSA) is 73.0 Å². The molecule has 1 amide bonds. The summed E-state index contributed by atoms with van der Waals surface area (Å²) in [6, 6.07) is 1.36. The summed E-state index contributed by atoms with van der Waals surface area (Å²) < 4.78 is 53.6. The molecule has 2 unspecified atom stereocenters. The van der Waals surface area contributed by atoms with Crippen LogP contribution in [-0.2, 0) is 17.5 Å². The van der Waals surface area contributed by atoms with Gasteiger partial charge in [0.15, 0.2) is 0 Å². The molecule has 2 atom stereocenters. The highest BCUT2D eigenvalue weighted by atomic mass is 19.4. The van der Waals surface area contributed by atoms with E-state index in [4.69, 9.17) is 0 Å². The van der Waals surface area contributed by atoms with Gasteiger partial charge in [0, 0.05) is 12.1 Å². The minimum absolute atomic E-state index is 0.0281. The second-order valence-electron chi connectivity index (χ2n) is 7.55. The van der Waals surface area contributed by atoms with Gasteiger partial charge in [0.1, 0.15) is 23.7 Å². The Kier molecular flexibility index (Phi) is 4.70. The van der Waals surface area contributed by atoms with Crippen LogP contribution < -0.4 is 5.69 Å². The molecule has 4 heterocycles. The Labute approximate surface area is 162 Å². The third-order valence-corrected chi connectivity index (χ3v) is 5.40. The lowest BCUT2D eigenvalue weighted by atomic mass is 9.94. The van der Waals surface area contributed by atoms with Crippen molar-refractivity contribution in [1.82, 2.24) is 24.2 Å². The van der Waals surface area contributed by atoms with Gasteiger partial charge in [0.2, 0.25) is 5.91 Å². The maximum atomic E-state index is 13.1. The van der Waals surface area contributed by atoms with Crippen molar-refractivity contribution in [3.8, 4) is 0 Å². The van der Waals surface area contributed by atoms with Crippen LogP contribution in [0.3, 0.4) is 0 Å². The van der Waals surface area contributed by atoms with Crippen molar-refractivity contribution in [2.24, 2.45) is 0 Å². The van der Waals surface area contributed by atoms with Gasteiger partial charge in [-0.15, -0.1) is 0 Å². The number of rotatable bonds is 3. The van der Waals surface area contributed by atoms with Crippen molar-refractivity contribution in [3.05, 3.63) is 45.9 Å². The first kappa shape index (κ1) is 19.6. The molecular weight excluding hydrogens is 394 g/mol. The molecule has 2 aliphatic rings. The molecule has 7 nitrogen and oxygen atoms in total. The van der Waals surface area contributed by atoms with Crippen LogP contribution >= 0.6 is 0 Å². The number of pyridine rings is 1. The van der Waals surface area contributed by atoms with Crippen molar-refractivity contribution < 1.29 is 22.4 Å². The number of nitrogens with zero attached hydrogens (tertiary/aromatic N) is 5. The van der Waals surface area contributed by atoms with E-state index in [1.807, 2.05) is 6.92 Å². The number of alkyl halides is 4. The van der Waals surface area contributed by atoms with Crippen molar-refractivity contribution in [3.63, 3.8) is 0 Å². The van der Waals surface area contributed by atoms with Gasteiger partial charge in [-0.1, -0.05) is 13.0 Å². The lowest BCUT2D eigenvalue weighted by molar-refractivity contribution is -0.143. The highest BCUT2D eigenvalue weighted by Gasteiger charge is 2.40. The summed E-state index contributed by atoms with van der Waals surface area (Å²) in [7, 11) is 0. The molecule has 4 rings (SSSR count). The second-order valence-corrected chi connectivity index (χ2v) is 7.55. The molecule has 0 bridgehead atoms. The Balaban J connectivity index is 1.61. The molecule has 2 aromatic heterocycles. The molecule has 156 valence electrons. The number of amides is 1. The Morgan fingerprint density at radius 1 is 1.24 bits per heavy atom. The molecule has 0 aliphatic carbocycles.